The molecule has 0 bridgehead atoms. The van der Waals surface area contributed by atoms with E-state index >= 15 is 0 Å². The molecule has 2 saturated heterocycles. The number of benzene rings is 2. The first kappa shape index (κ1) is 22.8. The van der Waals surface area contributed by atoms with Crippen LogP contribution in [0.25, 0.3) is 11.3 Å². The molecule has 0 unspecified atom stereocenters. The van der Waals surface area contributed by atoms with Crippen molar-refractivity contribution in [2.75, 3.05) is 60.6 Å². The quantitative estimate of drug-likeness (QED) is 0.537. The van der Waals surface area contributed by atoms with E-state index in [1.54, 1.807) is 18.2 Å². The van der Waals surface area contributed by atoms with Gasteiger partial charge in [0.2, 0.25) is 5.95 Å². The van der Waals surface area contributed by atoms with Crippen molar-refractivity contribution in [2.45, 2.75) is 13.0 Å². The van der Waals surface area contributed by atoms with Gasteiger partial charge in [0.1, 0.15) is 17.5 Å². The molecule has 2 aliphatic heterocycles. The summed E-state index contributed by atoms with van der Waals surface area (Å²) >= 11 is 6.06. The van der Waals surface area contributed by atoms with E-state index in [0.717, 1.165) is 11.4 Å². The molecule has 3 aromatic rings. The van der Waals surface area contributed by atoms with Crippen LogP contribution < -0.4 is 14.7 Å². The Morgan fingerprint density at radius 3 is 2.44 bits per heavy atom. The van der Waals surface area contributed by atoms with Gasteiger partial charge in [-0.25, -0.2) is 13.8 Å². The predicted molar refractivity (Wildman–Crippen MR) is 131 cm³/mol. The zero-order valence-corrected chi connectivity index (χ0v) is 19.7. The third-order valence-corrected chi connectivity index (χ3v) is 6.61. The van der Waals surface area contributed by atoms with Gasteiger partial charge in [-0.1, -0.05) is 23.7 Å². The first-order chi connectivity index (χ1) is 16.5. The van der Waals surface area contributed by atoms with Crippen molar-refractivity contribution in [1.29, 1.82) is 0 Å². The number of rotatable bonds is 4. The first-order valence-corrected chi connectivity index (χ1v) is 11.8. The van der Waals surface area contributed by atoms with Crippen LogP contribution in [0.4, 0.5) is 26.2 Å². The predicted octanol–water partition coefficient (Wildman–Crippen LogP) is 4.63. The molecule has 2 aromatic carbocycles. The van der Waals surface area contributed by atoms with E-state index in [-0.39, 0.29) is 16.9 Å². The van der Waals surface area contributed by atoms with E-state index in [4.69, 9.17) is 26.3 Å². The largest absolute Gasteiger partial charge is 0.378 e. The van der Waals surface area contributed by atoms with E-state index in [2.05, 4.69) is 21.6 Å². The minimum Gasteiger partial charge on any atom is -0.378 e. The minimum atomic E-state index is -0.467. The number of hydrogen-bond acceptors (Lipinski definition) is 6. The highest BCUT2D eigenvalue weighted by Gasteiger charge is 2.28. The first-order valence-electron chi connectivity index (χ1n) is 11.4. The third kappa shape index (κ3) is 4.65. The summed E-state index contributed by atoms with van der Waals surface area (Å²) in [6.07, 6.45) is 0. The summed E-state index contributed by atoms with van der Waals surface area (Å²) in [4.78, 5) is 16.1. The molecule has 2 aliphatic rings. The van der Waals surface area contributed by atoms with Crippen molar-refractivity contribution in [3.8, 4) is 11.3 Å². The lowest BCUT2D eigenvalue weighted by molar-refractivity contribution is 0.122. The topological polar surface area (TPSA) is 44.7 Å². The summed E-state index contributed by atoms with van der Waals surface area (Å²) in [5.74, 6) is 0.717. The molecule has 2 fully saturated rings. The van der Waals surface area contributed by atoms with E-state index in [0.29, 0.717) is 63.3 Å². The summed E-state index contributed by atoms with van der Waals surface area (Å²) in [6, 6.07) is 13.5. The van der Waals surface area contributed by atoms with Gasteiger partial charge in [-0.15, -0.1) is 0 Å². The monoisotopic (exact) mass is 485 g/mol. The second kappa shape index (κ2) is 9.72. The zero-order valence-electron chi connectivity index (χ0n) is 18.9. The zero-order chi connectivity index (χ0) is 23.7. The number of anilines is 3. The fourth-order valence-corrected chi connectivity index (χ4v) is 4.68. The maximum Gasteiger partial charge on any atom is 0.228 e. The van der Waals surface area contributed by atoms with E-state index in [1.807, 2.05) is 18.2 Å². The number of hydrogen-bond donors (Lipinski definition) is 0. The number of para-hydroxylation sites is 1. The Labute approximate surface area is 202 Å². The Morgan fingerprint density at radius 1 is 0.912 bits per heavy atom. The molecule has 0 radical (unpaired) electrons. The average molecular weight is 486 g/mol. The molecule has 178 valence electrons. The molecule has 0 N–H and O–H groups in total. The fourth-order valence-electron chi connectivity index (χ4n) is 4.50. The van der Waals surface area contributed by atoms with Crippen LogP contribution in [0.1, 0.15) is 6.92 Å². The number of piperazine rings is 1. The molecule has 6 nitrogen and oxygen atoms in total. The van der Waals surface area contributed by atoms with Crippen molar-refractivity contribution in [3.63, 3.8) is 0 Å². The summed E-state index contributed by atoms with van der Waals surface area (Å²) in [5, 5.41) is 0.0532. The number of ether oxygens (including phenoxy) is 1. The van der Waals surface area contributed by atoms with Gasteiger partial charge in [0.15, 0.2) is 0 Å². The van der Waals surface area contributed by atoms with Gasteiger partial charge in [-0.2, -0.15) is 4.98 Å². The van der Waals surface area contributed by atoms with Crippen molar-refractivity contribution in [1.82, 2.24) is 9.97 Å². The van der Waals surface area contributed by atoms with E-state index in [1.165, 1.54) is 12.1 Å². The van der Waals surface area contributed by atoms with Crippen molar-refractivity contribution < 1.29 is 13.5 Å². The lowest BCUT2D eigenvalue weighted by atomic mass is 10.1. The van der Waals surface area contributed by atoms with Crippen molar-refractivity contribution in [3.05, 3.63) is 65.2 Å². The normalized spacial score (nSPS) is 18.9. The van der Waals surface area contributed by atoms with Gasteiger partial charge in [-0.3, -0.25) is 0 Å². The molecule has 0 aliphatic carbocycles. The van der Waals surface area contributed by atoms with Gasteiger partial charge in [0.25, 0.3) is 0 Å². The third-order valence-electron chi connectivity index (χ3n) is 6.33. The number of nitrogens with zero attached hydrogens (tertiary/aromatic N) is 5. The van der Waals surface area contributed by atoms with Gasteiger partial charge in [-0.05, 0) is 37.3 Å². The lowest BCUT2D eigenvalue weighted by Gasteiger charge is -2.42. The second-order valence-electron chi connectivity index (χ2n) is 8.58. The Bertz CT molecular complexity index is 1170. The molecule has 1 aromatic heterocycles. The second-order valence-corrected chi connectivity index (χ2v) is 8.99. The maximum atomic E-state index is 14.4. The van der Waals surface area contributed by atoms with Crippen LogP contribution in [-0.2, 0) is 4.74 Å². The SMILES string of the molecule is C[C@@H]1CN(c2ccccc2F)CCN1c1cc(-c2ccc(F)c(Cl)c2)nc(N2CCOCC2)n1. The molecule has 0 saturated carbocycles. The van der Waals surface area contributed by atoms with Crippen LogP contribution in [-0.4, -0.2) is 61.9 Å². The summed E-state index contributed by atoms with van der Waals surface area (Å²) < 4.78 is 33.6. The highest BCUT2D eigenvalue weighted by atomic mass is 35.5. The van der Waals surface area contributed by atoms with Gasteiger partial charge in [0.05, 0.1) is 29.6 Å². The molecule has 1 atom stereocenters. The van der Waals surface area contributed by atoms with Crippen LogP contribution in [0.5, 0.6) is 0 Å². The molecule has 5 rings (SSSR count). The van der Waals surface area contributed by atoms with Crippen LogP contribution in [0.2, 0.25) is 5.02 Å². The van der Waals surface area contributed by atoms with Crippen LogP contribution >= 0.6 is 11.6 Å². The van der Waals surface area contributed by atoms with Gasteiger partial charge in [0, 0.05) is 50.4 Å². The van der Waals surface area contributed by atoms with Crippen molar-refractivity contribution >= 4 is 29.1 Å². The summed E-state index contributed by atoms with van der Waals surface area (Å²) in [6.45, 7) is 6.74. The summed E-state index contributed by atoms with van der Waals surface area (Å²) in [5.41, 5.74) is 2.02. The Morgan fingerprint density at radius 2 is 1.71 bits per heavy atom. The molecule has 34 heavy (non-hydrogen) atoms. The highest BCUT2D eigenvalue weighted by molar-refractivity contribution is 6.31. The molecule has 0 amide bonds. The van der Waals surface area contributed by atoms with Crippen molar-refractivity contribution in [2.24, 2.45) is 0 Å². The van der Waals surface area contributed by atoms with Crippen LogP contribution in [0.3, 0.4) is 0 Å². The maximum absolute atomic E-state index is 14.4. The Hall–Kier alpha value is -2.97. The van der Waals surface area contributed by atoms with E-state index < -0.39 is 5.82 Å². The van der Waals surface area contributed by atoms with E-state index in [9.17, 15) is 8.78 Å². The van der Waals surface area contributed by atoms with Crippen LogP contribution in [0.15, 0.2) is 48.5 Å². The smallest absolute Gasteiger partial charge is 0.228 e. The molecule has 9 heteroatoms. The van der Waals surface area contributed by atoms with Gasteiger partial charge >= 0.3 is 0 Å². The molecular formula is C25H26ClF2N5O. The number of aromatic nitrogens is 2. The molecular weight excluding hydrogens is 460 g/mol. The minimum absolute atomic E-state index is 0.0532. The number of morpholine rings is 1. The fraction of sp³-hybridized carbons (Fsp3) is 0.360. The Kier molecular flexibility index (Phi) is 6.52. The number of halogens is 3. The highest BCUT2D eigenvalue weighted by Crippen LogP contribution is 2.31. The Balaban J connectivity index is 1.47. The average Bonchev–Trinajstić information content (AvgIpc) is 2.86. The molecule has 3 heterocycles. The molecule has 0 spiro atoms. The standard InChI is InChI=1S/C25H26ClF2N5O/c1-17-16-32(23-5-3-2-4-21(23)28)8-9-33(17)24-15-22(18-6-7-20(27)19(26)14-18)29-25(30-24)31-10-12-34-13-11-31/h2-7,14-15,17H,8-13,16H2,1H3/t17-/m1/s1. The van der Waals surface area contributed by atoms with Gasteiger partial charge < -0.3 is 19.4 Å². The lowest BCUT2D eigenvalue weighted by Crippen LogP contribution is -2.52. The van der Waals surface area contributed by atoms with Crippen LogP contribution in [0, 0.1) is 11.6 Å². The summed E-state index contributed by atoms with van der Waals surface area (Å²) in [7, 11) is 0.